The predicted molar refractivity (Wildman–Crippen MR) is 131 cm³/mol. The lowest BCUT2D eigenvalue weighted by Crippen LogP contribution is -2.35. The molecule has 1 aliphatic heterocycles. The molecule has 172 valence electrons. The van der Waals surface area contributed by atoms with E-state index in [9.17, 15) is 9.59 Å². The van der Waals surface area contributed by atoms with Crippen LogP contribution in [0.1, 0.15) is 22.4 Å². The standard InChI is InChI=1S/C24H25ClN4O3S/c1-15-7-8-17(11-19(15)25)26-22(30)14-33-24-27-20-9-10-29(13-18(20)23(31)28-24)12-16-5-3-4-6-21(16)32-2/h3-8,11H,9-10,12-14H2,1-2H3,(H,26,30)(H,27,28,31). The van der Waals surface area contributed by atoms with E-state index in [2.05, 4.69) is 20.2 Å². The number of thioether (sulfide) groups is 1. The van der Waals surface area contributed by atoms with Crippen LogP contribution in [0, 0.1) is 6.92 Å². The highest BCUT2D eigenvalue weighted by Crippen LogP contribution is 2.24. The largest absolute Gasteiger partial charge is 0.496 e. The molecule has 2 aromatic carbocycles. The van der Waals surface area contributed by atoms with Crippen LogP contribution >= 0.6 is 23.4 Å². The van der Waals surface area contributed by atoms with Gasteiger partial charge in [0.15, 0.2) is 5.16 Å². The lowest BCUT2D eigenvalue weighted by molar-refractivity contribution is -0.113. The van der Waals surface area contributed by atoms with Crippen molar-refractivity contribution in [3.05, 3.63) is 80.2 Å². The number of carbonyl (C=O) groups is 1. The Morgan fingerprint density at radius 2 is 2.12 bits per heavy atom. The lowest BCUT2D eigenvalue weighted by atomic mass is 10.1. The van der Waals surface area contributed by atoms with Gasteiger partial charge in [0.05, 0.1) is 24.1 Å². The van der Waals surface area contributed by atoms with Gasteiger partial charge in [0.1, 0.15) is 5.75 Å². The van der Waals surface area contributed by atoms with Gasteiger partial charge in [-0.1, -0.05) is 47.6 Å². The van der Waals surface area contributed by atoms with Gasteiger partial charge in [0.25, 0.3) is 5.56 Å². The van der Waals surface area contributed by atoms with Crippen LogP contribution < -0.4 is 15.6 Å². The summed E-state index contributed by atoms with van der Waals surface area (Å²) in [5, 5.41) is 3.87. The van der Waals surface area contributed by atoms with Gasteiger partial charge < -0.3 is 15.0 Å². The van der Waals surface area contributed by atoms with Crippen LogP contribution in [0.4, 0.5) is 5.69 Å². The Balaban J connectivity index is 1.38. The third-order valence-electron chi connectivity index (χ3n) is 5.51. The molecule has 1 aromatic heterocycles. The first kappa shape index (κ1) is 23.4. The van der Waals surface area contributed by atoms with E-state index in [-0.39, 0.29) is 17.2 Å². The van der Waals surface area contributed by atoms with E-state index in [4.69, 9.17) is 16.3 Å². The maximum Gasteiger partial charge on any atom is 0.256 e. The Kier molecular flexibility index (Phi) is 7.37. The van der Waals surface area contributed by atoms with Gasteiger partial charge in [-0.2, -0.15) is 0 Å². The number of anilines is 1. The third kappa shape index (κ3) is 5.76. The summed E-state index contributed by atoms with van der Waals surface area (Å²) in [5.74, 6) is 0.782. The second kappa shape index (κ2) is 10.4. The number of methoxy groups -OCH3 is 1. The second-order valence-electron chi connectivity index (χ2n) is 7.87. The van der Waals surface area contributed by atoms with Gasteiger partial charge in [0.2, 0.25) is 5.91 Å². The summed E-state index contributed by atoms with van der Waals surface area (Å²) in [5.41, 5.74) is 3.99. The molecule has 0 bridgehead atoms. The van der Waals surface area contributed by atoms with Crippen LogP contribution in [0.25, 0.3) is 0 Å². The zero-order valence-corrected chi connectivity index (χ0v) is 20.1. The molecule has 9 heteroatoms. The maximum atomic E-state index is 12.7. The van der Waals surface area contributed by atoms with Crippen LogP contribution in [0.15, 0.2) is 52.4 Å². The van der Waals surface area contributed by atoms with Gasteiger partial charge in [-0.25, -0.2) is 4.98 Å². The maximum absolute atomic E-state index is 12.7. The van der Waals surface area contributed by atoms with Crippen molar-refractivity contribution < 1.29 is 9.53 Å². The molecule has 2 heterocycles. The van der Waals surface area contributed by atoms with Crippen molar-refractivity contribution in [2.24, 2.45) is 0 Å². The van der Waals surface area contributed by atoms with Gasteiger partial charge in [0, 0.05) is 42.3 Å². The number of hydrogen-bond acceptors (Lipinski definition) is 6. The molecule has 3 aromatic rings. The Bertz CT molecular complexity index is 1230. The van der Waals surface area contributed by atoms with Gasteiger partial charge >= 0.3 is 0 Å². The number of aryl methyl sites for hydroxylation is 1. The van der Waals surface area contributed by atoms with Gasteiger partial charge in [-0.05, 0) is 30.7 Å². The molecule has 0 fully saturated rings. The van der Waals surface area contributed by atoms with E-state index in [0.717, 1.165) is 29.1 Å². The molecule has 0 saturated carbocycles. The summed E-state index contributed by atoms with van der Waals surface area (Å²) in [6.45, 7) is 3.91. The summed E-state index contributed by atoms with van der Waals surface area (Å²) in [6, 6.07) is 13.3. The number of rotatable bonds is 7. The Labute approximate surface area is 201 Å². The number of halogens is 1. The number of aromatic amines is 1. The number of nitrogens with one attached hydrogen (secondary N) is 2. The zero-order valence-electron chi connectivity index (χ0n) is 18.5. The van der Waals surface area contributed by atoms with Gasteiger partial charge in [-0.3, -0.25) is 14.5 Å². The molecular weight excluding hydrogens is 460 g/mol. The van der Waals surface area contributed by atoms with Crippen LogP contribution in [0.2, 0.25) is 5.02 Å². The number of aromatic nitrogens is 2. The van der Waals surface area contributed by atoms with Crippen molar-refractivity contribution in [1.29, 1.82) is 0 Å². The summed E-state index contributed by atoms with van der Waals surface area (Å²) < 4.78 is 5.44. The van der Waals surface area contributed by atoms with E-state index in [1.165, 1.54) is 11.8 Å². The average Bonchev–Trinajstić information content (AvgIpc) is 2.81. The van der Waals surface area contributed by atoms with Crippen LogP contribution in [-0.2, 0) is 24.3 Å². The van der Waals surface area contributed by atoms with E-state index in [1.54, 1.807) is 19.2 Å². The minimum Gasteiger partial charge on any atom is -0.496 e. The molecule has 1 aliphatic rings. The molecule has 0 radical (unpaired) electrons. The third-order valence-corrected chi connectivity index (χ3v) is 6.79. The average molecular weight is 485 g/mol. The van der Waals surface area contributed by atoms with Crippen LogP contribution in [-0.4, -0.2) is 40.2 Å². The molecule has 2 N–H and O–H groups in total. The highest BCUT2D eigenvalue weighted by atomic mass is 35.5. The number of hydrogen-bond donors (Lipinski definition) is 2. The van der Waals surface area contributed by atoms with Crippen molar-refractivity contribution in [2.75, 3.05) is 24.7 Å². The highest BCUT2D eigenvalue weighted by Gasteiger charge is 2.22. The monoisotopic (exact) mass is 484 g/mol. The fraction of sp³-hybridized carbons (Fsp3) is 0.292. The molecule has 7 nitrogen and oxygen atoms in total. The van der Waals surface area contributed by atoms with Crippen LogP contribution in [0.5, 0.6) is 5.75 Å². The summed E-state index contributed by atoms with van der Waals surface area (Å²) in [4.78, 5) is 34.7. The molecular formula is C24H25ClN4O3S. The fourth-order valence-corrected chi connectivity index (χ4v) is 4.60. The second-order valence-corrected chi connectivity index (χ2v) is 9.24. The van der Waals surface area contributed by atoms with E-state index < -0.39 is 0 Å². The number of benzene rings is 2. The normalized spacial score (nSPS) is 13.4. The minimum atomic E-state index is -0.191. The highest BCUT2D eigenvalue weighted by molar-refractivity contribution is 7.99. The van der Waals surface area contributed by atoms with E-state index in [0.29, 0.717) is 40.9 Å². The van der Waals surface area contributed by atoms with Crippen molar-refractivity contribution in [1.82, 2.24) is 14.9 Å². The van der Waals surface area contributed by atoms with E-state index in [1.807, 2.05) is 37.3 Å². The molecule has 0 atom stereocenters. The summed E-state index contributed by atoms with van der Waals surface area (Å²) in [6.07, 6.45) is 0.677. The predicted octanol–water partition coefficient (Wildman–Crippen LogP) is 4.03. The lowest BCUT2D eigenvalue weighted by Gasteiger charge is -2.28. The van der Waals surface area contributed by atoms with Crippen molar-refractivity contribution >= 4 is 35.0 Å². The quantitative estimate of drug-likeness (QED) is 0.389. The number of amides is 1. The molecule has 0 spiro atoms. The molecule has 4 rings (SSSR count). The smallest absolute Gasteiger partial charge is 0.256 e. The van der Waals surface area contributed by atoms with Crippen molar-refractivity contribution in [2.45, 2.75) is 31.6 Å². The first-order valence-electron chi connectivity index (χ1n) is 10.6. The SMILES string of the molecule is COc1ccccc1CN1CCc2nc(SCC(=O)Nc3ccc(C)c(Cl)c3)[nH]c(=O)c2C1. The van der Waals surface area contributed by atoms with Crippen molar-refractivity contribution in [3.8, 4) is 5.75 Å². The van der Waals surface area contributed by atoms with Gasteiger partial charge in [-0.15, -0.1) is 0 Å². The molecule has 0 unspecified atom stereocenters. The topological polar surface area (TPSA) is 87.3 Å². The zero-order chi connectivity index (χ0) is 23.4. The number of carbonyl (C=O) groups excluding carboxylic acids is 1. The number of H-pyrrole nitrogens is 1. The van der Waals surface area contributed by atoms with E-state index >= 15 is 0 Å². The Morgan fingerprint density at radius 3 is 2.91 bits per heavy atom. The Morgan fingerprint density at radius 1 is 1.30 bits per heavy atom. The van der Waals surface area contributed by atoms with Crippen LogP contribution in [0.3, 0.4) is 0 Å². The number of nitrogens with zero attached hydrogens (tertiary/aromatic N) is 2. The molecule has 1 amide bonds. The van der Waals surface area contributed by atoms with Crippen molar-refractivity contribution in [3.63, 3.8) is 0 Å². The molecule has 0 aliphatic carbocycles. The molecule has 0 saturated heterocycles. The summed E-state index contributed by atoms with van der Waals surface area (Å²) >= 11 is 7.32. The molecule has 33 heavy (non-hydrogen) atoms. The number of para-hydroxylation sites is 1. The number of ether oxygens (including phenoxy) is 1. The number of fused-ring (bicyclic) bond motifs is 1. The first-order chi connectivity index (χ1) is 15.9. The summed E-state index contributed by atoms with van der Waals surface area (Å²) in [7, 11) is 1.66. The fourth-order valence-electron chi connectivity index (χ4n) is 3.74. The minimum absolute atomic E-state index is 0.132. The Hall–Kier alpha value is -2.81. The first-order valence-corrected chi connectivity index (χ1v) is 11.9.